The van der Waals surface area contributed by atoms with Crippen LogP contribution in [0, 0.1) is 0 Å². The third-order valence-corrected chi connectivity index (χ3v) is 9.55. The van der Waals surface area contributed by atoms with Gasteiger partial charge in [0.05, 0.1) is 21.3 Å². The van der Waals surface area contributed by atoms with Crippen LogP contribution in [0.1, 0.15) is 25.1 Å². The molecular weight excluding hydrogens is 463 g/mol. The Balaban J connectivity index is 1.75. The number of nitrogens with zero attached hydrogens (tertiary/aromatic N) is 1. The van der Waals surface area contributed by atoms with Crippen molar-refractivity contribution >= 4 is 44.6 Å². The molecule has 0 fully saturated rings. The Morgan fingerprint density at radius 2 is 1.53 bits per heavy atom. The molecule has 4 aromatic rings. The first kappa shape index (κ1) is 24.2. The third-order valence-electron chi connectivity index (χ3n) is 5.80. The Hall–Kier alpha value is -2.95. The molecule has 0 radical (unpaired) electrons. The minimum atomic E-state index is -3.46. The summed E-state index contributed by atoms with van der Waals surface area (Å²) in [5, 5.41) is 4.62. The number of sulfone groups is 1. The normalized spacial score (nSPS) is 12.3. The number of hydrogen-bond donors (Lipinski definition) is 1. The van der Waals surface area contributed by atoms with Crippen molar-refractivity contribution < 1.29 is 13.0 Å². The number of hydrogen-bond acceptors (Lipinski definition) is 5. The molecule has 0 atom stereocenters. The van der Waals surface area contributed by atoms with Crippen LogP contribution in [-0.4, -0.2) is 32.0 Å². The molecule has 0 aliphatic carbocycles. The van der Waals surface area contributed by atoms with Crippen molar-refractivity contribution in [3.8, 4) is 0 Å². The van der Waals surface area contributed by atoms with E-state index < -0.39 is 22.2 Å². The van der Waals surface area contributed by atoms with Gasteiger partial charge in [-0.3, -0.25) is 4.98 Å². The molecule has 0 spiro atoms. The fourth-order valence-corrected chi connectivity index (χ4v) is 5.89. The van der Waals surface area contributed by atoms with Crippen LogP contribution in [0.4, 0.5) is 11.4 Å². The number of anilines is 2. The highest BCUT2D eigenvalue weighted by Crippen LogP contribution is 2.35. The second kappa shape index (κ2) is 9.36. The first-order valence-corrected chi connectivity index (χ1v) is 15.3. The van der Waals surface area contributed by atoms with Crippen LogP contribution >= 0.6 is 7.14 Å². The third kappa shape index (κ3) is 5.08. The summed E-state index contributed by atoms with van der Waals surface area (Å²) >= 11 is 0. The van der Waals surface area contributed by atoms with Gasteiger partial charge < -0.3 is 9.88 Å². The number of para-hydroxylation sites is 2. The monoisotopic (exact) mass is 492 g/mol. The number of pyridine rings is 1. The number of benzene rings is 3. The molecule has 0 aliphatic rings. The van der Waals surface area contributed by atoms with E-state index in [0.717, 1.165) is 33.2 Å². The minimum absolute atomic E-state index is 0.284. The van der Waals surface area contributed by atoms with Crippen LogP contribution in [0.15, 0.2) is 83.8 Å². The van der Waals surface area contributed by atoms with E-state index in [2.05, 4.69) is 5.32 Å². The van der Waals surface area contributed by atoms with Crippen molar-refractivity contribution in [2.45, 2.75) is 30.4 Å². The Morgan fingerprint density at radius 1 is 0.882 bits per heavy atom. The van der Waals surface area contributed by atoms with Crippen LogP contribution in [-0.2, 0) is 20.8 Å². The molecule has 0 saturated carbocycles. The van der Waals surface area contributed by atoms with Gasteiger partial charge in [-0.15, -0.1) is 0 Å². The Bertz CT molecular complexity index is 1490. The van der Waals surface area contributed by atoms with Gasteiger partial charge in [0.25, 0.3) is 0 Å². The van der Waals surface area contributed by atoms with Crippen molar-refractivity contribution in [2.24, 2.45) is 0 Å². The predicted molar refractivity (Wildman–Crippen MR) is 142 cm³/mol. The smallest absolute Gasteiger partial charge is 0.182 e. The van der Waals surface area contributed by atoms with Crippen LogP contribution < -0.4 is 10.6 Å². The second-order valence-corrected chi connectivity index (χ2v) is 14.8. The van der Waals surface area contributed by atoms with E-state index in [1.54, 1.807) is 45.4 Å². The van der Waals surface area contributed by atoms with Gasteiger partial charge in [-0.1, -0.05) is 54.6 Å². The number of nitrogens with one attached hydrogen (secondary N) is 1. The van der Waals surface area contributed by atoms with Crippen LogP contribution in [0.2, 0.25) is 0 Å². The van der Waals surface area contributed by atoms with Gasteiger partial charge in [0.2, 0.25) is 0 Å². The van der Waals surface area contributed by atoms with Gasteiger partial charge in [0.1, 0.15) is 7.14 Å². The predicted octanol–water partition coefficient (Wildman–Crippen LogP) is 6.00. The largest absolute Gasteiger partial charge is 0.354 e. The topological polar surface area (TPSA) is 76.1 Å². The second-order valence-electron chi connectivity index (χ2n) is 9.09. The average Bonchev–Trinajstić information content (AvgIpc) is 2.79. The standard InChI is InChI=1S/C27H29N2O3PS/c1-19(2)34(31,32)27-12-8-7-11-25(27)29-26-18-21(28-24-10-6-5-9-23(24)26)17-20-13-15-22(16-14-20)33(3,4)30/h5-16,18-19H,17H2,1-4H3,(H,28,29). The van der Waals surface area contributed by atoms with E-state index in [-0.39, 0.29) is 4.90 Å². The molecule has 1 heterocycles. The fraction of sp³-hybridized carbons (Fsp3) is 0.222. The molecule has 7 heteroatoms. The maximum atomic E-state index is 12.9. The van der Waals surface area contributed by atoms with Crippen LogP contribution in [0.25, 0.3) is 10.9 Å². The van der Waals surface area contributed by atoms with E-state index in [9.17, 15) is 13.0 Å². The first-order valence-electron chi connectivity index (χ1n) is 11.2. The summed E-state index contributed by atoms with van der Waals surface area (Å²) in [5.74, 6) is 0. The zero-order valence-corrected chi connectivity index (χ0v) is 21.5. The summed E-state index contributed by atoms with van der Waals surface area (Å²) in [5.41, 5.74) is 4.10. The van der Waals surface area contributed by atoms with Crippen molar-refractivity contribution in [3.63, 3.8) is 0 Å². The van der Waals surface area contributed by atoms with E-state index in [0.29, 0.717) is 12.1 Å². The van der Waals surface area contributed by atoms with Gasteiger partial charge >= 0.3 is 0 Å². The van der Waals surface area contributed by atoms with Crippen molar-refractivity contribution in [1.82, 2.24) is 4.98 Å². The maximum absolute atomic E-state index is 12.9. The Labute approximate surface area is 201 Å². The zero-order valence-electron chi connectivity index (χ0n) is 19.8. The van der Waals surface area contributed by atoms with E-state index in [1.807, 2.05) is 60.7 Å². The molecule has 0 saturated heterocycles. The summed E-state index contributed by atoms with van der Waals surface area (Å²) in [7, 11) is -5.76. The summed E-state index contributed by atoms with van der Waals surface area (Å²) < 4.78 is 38.2. The maximum Gasteiger partial charge on any atom is 0.182 e. The highest BCUT2D eigenvalue weighted by molar-refractivity contribution is 7.92. The Morgan fingerprint density at radius 3 is 2.21 bits per heavy atom. The van der Waals surface area contributed by atoms with Crippen LogP contribution in [0.3, 0.4) is 0 Å². The molecule has 4 rings (SSSR count). The quantitative estimate of drug-likeness (QED) is 0.320. The number of rotatable bonds is 7. The lowest BCUT2D eigenvalue weighted by Gasteiger charge is -2.17. The van der Waals surface area contributed by atoms with Gasteiger partial charge in [-0.05, 0) is 57.0 Å². The molecular formula is C27H29N2O3PS. The SMILES string of the molecule is CC(C)S(=O)(=O)c1ccccc1Nc1cc(Cc2ccc(P(C)(C)=O)cc2)nc2ccccc12. The molecule has 0 aliphatic heterocycles. The van der Waals surface area contributed by atoms with Crippen LogP contribution in [0.5, 0.6) is 0 Å². The zero-order chi connectivity index (χ0) is 24.5. The van der Waals surface area contributed by atoms with Crippen molar-refractivity contribution in [2.75, 3.05) is 18.6 Å². The van der Waals surface area contributed by atoms with Gasteiger partial charge in [0, 0.05) is 28.5 Å². The first-order chi connectivity index (χ1) is 16.1. The summed E-state index contributed by atoms with van der Waals surface area (Å²) in [6, 6.07) is 24.6. The molecule has 1 aromatic heterocycles. The molecule has 1 N–H and O–H groups in total. The van der Waals surface area contributed by atoms with Crippen molar-refractivity contribution in [3.05, 3.63) is 90.1 Å². The van der Waals surface area contributed by atoms with Gasteiger partial charge in [-0.25, -0.2) is 8.42 Å². The van der Waals surface area contributed by atoms with E-state index in [4.69, 9.17) is 4.98 Å². The minimum Gasteiger partial charge on any atom is -0.354 e. The lowest BCUT2D eigenvalue weighted by Crippen LogP contribution is -2.15. The molecule has 176 valence electrons. The molecule has 5 nitrogen and oxygen atoms in total. The highest BCUT2D eigenvalue weighted by atomic mass is 32.2. The van der Waals surface area contributed by atoms with Gasteiger partial charge in [-0.2, -0.15) is 0 Å². The summed E-state index contributed by atoms with van der Waals surface area (Å²) in [4.78, 5) is 5.11. The van der Waals surface area contributed by atoms with E-state index >= 15 is 0 Å². The molecule has 3 aromatic carbocycles. The lowest BCUT2D eigenvalue weighted by molar-refractivity contribution is 0.587. The molecule has 0 unspecified atom stereocenters. The molecule has 34 heavy (non-hydrogen) atoms. The average molecular weight is 493 g/mol. The number of fused-ring (bicyclic) bond motifs is 1. The summed E-state index contributed by atoms with van der Waals surface area (Å²) in [6.07, 6.45) is 0.601. The van der Waals surface area contributed by atoms with E-state index in [1.165, 1.54) is 0 Å². The highest BCUT2D eigenvalue weighted by Gasteiger charge is 2.23. The Kier molecular flexibility index (Phi) is 6.66. The fourth-order valence-electron chi connectivity index (χ4n) is 3.82. The molecule has 0 bridgehead atoms. The summed E-state index contributed by atoms with van der Waals surface area (Å²) in [6.45, 7) is 6.91. The lowest BCUT2D eigenvalue weighted by atomic mass is 10.1. The van der Waals surface area contributed by atoms with Gasteiger partial charge in [0.15, 0.2) is 9.84 Å². The van der Waals surface area contributed by atoms with Crippen molar-refractivity contribution in [1.29, 1.82) is 0 Å². The molecule has 0 amide bonds. The number of aromatic nitrogens is 1.